The lowest BCUT2D eigenvalue weighted by Gasteiger charge is -2.37. The number of ether oxygens (including phenoxy) is 5. The number of aromatic nitrogens is 4. The van der Waals surface area contributed by atoms with Gasteiger partial charge < -0.3 is 32.6 Å². The second-order valence-corrected chi connectivity index (χ2v) is 32.9. The van der Waals surface area contributed by atoms with E-state index in [0.29, 0.717) is 122 Å². The molecule has 0 spiro atoms. The van der Waals surface area contributed by atoms with Crippen molar-refractivity contribution < 1.29 is 47.7 Å². The first-order chi connectivity index (χ1) is 56.5. The molecule has 0 radical (unpaired) electrons. The van der Waals surface area contributed by atoms with Crippen molar-refractivity contribution >= 4 is 130 Å². The Bertz CT molecular complexity index is 5510. The standard InChI is InChI=1S/C95H88B2N6O10S2/c1-2-83(104)109-58-22-23-59-110-92(105)67-42-38-62(39-43-67)63-40-44-68(45-41-63)94(107)113-76-56-50-69(51-57-76)95(108)112-75-54-48-65(49-55-75)87-85-84(88(77(60-98)90-100-79-34-18-20-36-81(79)114-90)103(87)97(72-30-14-6-15-31-72)73-32-16-7-17-33-73)86(64-46-52-74(53-47-64)111-93(106)66-24-8-3-9-25-66)102(96(70-26-10-4-11-27-70)71-28-12-5-13-29-71)89(85)78(61-99)91-101-80-35-19-21-37-82(80)115-91/h2,4-7,10-21,26-37,46-49,52-55,62-63,66-69,76H,1,3,8-9,22-25,38-45,50-51,56-59H2/b88-77-,89-78-/t62?,63?,67?,68?,69-,76-. The molecule has 4 fully saturated rings. The predicted octanol–water partition coefficient (Wildman–Crippen LogP) is 15.9. The molecule has 0 bridgehead atoms. The van der Waals surface area contributed by atoms with Crippen molar-refractivity contribution in [1.29, 1.82) is 10.5 Å². The molecule has 4 aliphatic carbocycles. The van der Waals surface area contributed by atoms with Crippen LogP contribution in [0.4, 0.5) is 0 Å². The lowest BCUT2D eigenvalue weighted by Crippen LogP contribution is -2.54. The molecule has 8 aromatic carbocycles. The van der Waals surface area contributed by atoms with Crippen molar-refractivity contribution in [2.45, 2.75) is 128 Å². The van der Waals surface area contributed by atoms with Crippen LogP contribution in [0.3, 0.4) is 0 Å². The van der Waals surface area contributed by atoms with Gasteiger partial charge >= 0.3 is 43.5 Å². The summed E-state index contributed by atoms with van der Waals surface area (Å²) in [6.45, 7) is 2.66. The number of para-hydroxylation sites is 2. The molecule has 0 N–H and O–H groups in total. The van der Waals surface area contributed by atoms with Gasteiger partial charge in [-0.25, -0.2) is 14.8 Å². The number of fused-ring (bicyclic) bond motifs is 3. The number of esters is 5. The molecule has 115 heavy (non-hydrogen) atoms. The van der Waals surface area contributed by atoms with Crippen LogP contribution in [0, 0.1) is 58.2 Å². The molecule has 0 amide bonds. The van der Waals surface area contributed by atoms with E-state index in [1.54, 1.807) is 0 Å². The highest BCUT2D eigenvalue weighted by atomic mass is 32.1. The molecule has 16 rings (SSSR count). The highest BCUT2D eigenvalue weighted by molar-refractivity contribution is 7.20. The zero-order valence-corrected chi connectivity index (χ0v) is 65.8. The maximum Gasteiger partial charge on any atom is 0.330 e. The first-order valence-electron chi connectivity index (χ1n) is 40.6. The molecule has 16 nitrogen and oxygen atoms in total. The Kier molecular flexibility index (Phi) is 24.0. The van der Waals surface area contributed by atoms with Crippen molar-refractivity contribution in [2.24, 2.45) is 35.5 Å². The summed E-state index contributed by atoms with van der Waals surface area (Å²) >= 11 is 2.87. The van der Waals surface area contributed by atoms with Crippen LogP contribution in [-0.2, 0) is 38.2 Å². The van der Waals surface area contributed by atoms with E-state index in [1.807, 2.05) is 170 Å². The Morgan fingerprint density at radius 3 is 1.19 bits per heavy atom. The van der Waals surface area contributed by atoms with E-state index in [2.05, 4.69) is 76.2 Å². The monoisotopic (exact) mass is 1560 g/mol. The van der Waals surface area contributed by atoms with E-state index in [1.165, 1.54) is 22.7 Å². The molecular formula is C95H88B2N6O10S2. The Morgan fingerprint density at radius 2 is 0.791 bits per heavy atom. The zero-order chi connectivity index (χ0) is 78.7. The number of hydrogen-bond donors (Lipinski definition) is 0. The van der Waals surface area contributed by atoms with Gasteiger partial charge in [-0.1, -0.05) is 193 Å². The zero-order valence-electron chi connectivity index (χ0n) is 64.2. The third-order valence-corrected chi connectivity index (χ3v) is 26.0. The van der Waals surface area contributed by atoms with Gasteiger partial charge in [0.15, 0.2) is 0 Å². The largest absolute Gasteiger partial charge is 0.465 e. The van der Waals surface area contributed by atoms with E-state index >= 15 is 0 Å². The Labute approximate surface area is 677 Å². The molecule has 4 saturated carbocycles. The third kappa shape index (κ3) is 16.8. The van der Waals surface area contributed by atoms with E-state index in [4.69, 9.17) is 33.7 Å². The number of unbranched alkanes of at least 4 members (excludes halogenated alkanes) is 1. The first-order valence-corrected chi connectivity index (χ1v) is 42.2. The lowest BCUT2D eigenvalue weighted by atomic mass is 9.50. The normalized spacial score (nSPS) is 18.9. The minimum atomic E-state index is -0.669. The summed E-state index contributed by atoms with van der Waals surface area (Å²) in [5.74, 6) is -0.560. The van der Waals surface area contributed by atoms with Crippen molar-refractivity contribution in [2.75, 3.05) is 13.2 Å². The van der Waals surface area contributed by atoms with Crippen LogP contribution in [0.2, 0.25) is 0 Å². The molecule has 4 heterocycles. The number of carbonyl (C=O) groups excluding carboxylic acids is 5. The molecule has 576 valence electrons. The number of benzene rings is 8. The van der Waals surface area contributed by atoms with Crippen LogP contribution < -0.4 is 42.0 Å². The predicted molar refractivity (Wildman–Crippen MR) is 454 cm³/mol. The summed E-state index contributed by atoms with van der Waals surface area (Å²) in [6, 6.07) is 77.7. The summed E-state index contributed by atoms with van der Waals surface area (Å²) in [5, 5.41) is 28.5. The average molecular weight is 1560 g/mol. The minimum absolute atomic E-state index is 0.102. The van der Waals surface area contributed by atoms with Gasteiger partial charge in [-0.3, -0.25) is 19.2 Å². The molecule has 0 unspecified atom stereocenters. The van der Waals surface area contributed by atoms with Crippen LogP contribution >= 0.6 is 22.7 Å². The number of hydrogen-bond acceptors (Lipinski definition) is 16. The van der Waals surface area contributed by atoms with Gasteiger partial charge in [-0.15, -0.1) is 22.7 Å². The summed E-state index contributed by atoms with van der Waals surface area (Å²) in [5.41, 5.74) is 8.34. The van der Waals surface area contributed by atoms with E-state index in [0.717, 1.165) is 132 Å². The molecule has 4 aliphatic rings. The summed E-state index contributed by atoms with van der Waals surface area (Å²) in [4.78, 5) is 77.5. The second-order valence-electron chi connectivity index (χ2n) is 30.9. The van der Waals surface area contributed by atoms with Crippen LogP contribution in [0.25, 0.3) is 64.9 Å². The van der Waals surface area contributed by atoms with Crippen LogP contribution in [0.15, 0.2) is 231 Å². The van der Waals surface area contributed by atoms with Gasteiger partial charge in [-0.05, 0) is 198 Å². The Balaban J connectivity index is 0.786. The Morgan fingerprint density at radius 1 is 0.426 bits per heavy atom. The molecule has 0 atom stereocenters. The van der Waals surface area contributed by atoms with Crippen LogP contribution in [-0.4, -0.2) is 81.8 Å². The first kappa shape index (κ1) is 77.2. The second kappa shape index (κ2) is 35.8. The number of nitriles is 2. The lowest BCUT2D eigenvalue weighted by molar-refractivity contribution is -0.158. The summed E-state index contributed by atoms with van der Waals surface area (Å²) < 4.78 is 35.9. The maximum atomic E-state index is 14.6. The molecular weight excluding hydrogens is 1470 g/mol. The topological polar surface area (TPSA) is 215 Å². The minimum Gasteiger partial charge on any atom is -0.465 e. The number of thiazole rings is 2. The van der Waals surface area contributed by atoms with E-state index in [-0.39, 0.29) is 65.5 Å². The number of carbonyl (C=O) groups is 5. The van der Waals surface area contributed by atoms with Gasteiger partial charge in [-0.2, -0.15) is 10.5 Å². The van der Waals surface area contributed by atoms with Crippen molar-refractivity contribution in [3.63, 3.8) is 0 Å². The van der Waals surface area contributed by atoms with Gasteiger partial charge in [0.05, 0.1) is 68.0 Å². The van der Waals surface area contributed by atoms with Gasteiger partial charge in [0.2, 0.25) is 0 Å². The molecule has 0 saturated heterocycles. The molecule has 4 aromatic heterocycles. The number of nitrogens with zero attached hydrogens (tertiary/aromatic N) is 6. The van der Waals surface area contributed by atoms with E-state index < -0.39 is 25.6 Å². The van der Waals surface area contributed by atoms with Gasteiger partial charge in [0, 0.05) is 28.2 Å². The summed E-state index contributed by atoms with van der Waals surface area (Å²) in [6.07, 6.45) is 15.7. The fourth-order valence-electron chi connectivity index (χ4n) is 18.0. The highest BCUT2D eigenvalue weighted by Crippen LogP contribution is 2.44. The average Bonchev–Trinajstić information content (AvgIpc) is 1.52. The van der Waals surface area contributed by atoms with Crippen LogP contribution in [0.5, 0.6) is 11.5 Å². The quantitative estimate of drug-likeness (QED) is 0.0137. The fraction of sp³-hybridized carbons (Fsp3) is 0.295. The molecule has 0 aliphatic heterocycles. The third-order valence-electron chi connectivity index (χ3n) is 23.8. The molecule has 12 aromatic rings. The van der Waals surface area contributed by atoms with E-state index in [9.17, 15) is 34.5 Å². The van der Waals surface area contributed by atoms with Crippen molar-refractivity contribution in [3.05, 3.63) is 252 Å². The van der Waals surface area contributed by atoms with Gasteiger partial charge in [0.25, 0.3) is 0 Å². The fourth-order valence-corrected chi connectivity index (χ4v) is 19.9. The maximum absolute atomic E-state index is 14.6. The van der Waals surface area contributed by atoms with Crippen molar-refractivity contribution in [1.82, 2.24) is 18.9 Å². The van der Waals surface area contributed by atoms with Crippen LogP contribution in [0.1, 0.15) is 132 Å². The smallest absolute Gasteiger partial charge is 0.330 e. The van der Waals surface area contributed by atoms with Crippen molar-refractivity contribution in [3.8, 4) is 46.2 Å². The molecule has 20 heteroatoms. The SMILES string of the molecule is C=CC(=O)OCCCCOC(=O)C1CCC(C2CCC(C(=O)O[C@H]3CC[C@H](C(=O)Oc4ccc(-c5c6/c(=C(\C#N)c7nc8ccccc8s7)n(B(c7ccccc7)c7ccccc7)c(-c7ccc(OC(=O)C8CCCCC8)cc7)c6/c(=C(\C#N)c6nc7ccccc7s6)n5B(c5ccccc5)c5ccccc5)cc4)CC3)CC2)CC1. The number of rotatable bonds is 24. The summed E-state index contributed by atoms with van der Waals surface area (Å²) in [7, 11) is 0. The Hall–Kier alpha value is -11.7. The highest BCUT2D eigenvalue weighted by Gasteiger charge is 2.41. The van der Waals surface area contributed by atoms with Gasteiger partial charge in [0.1, 0.15) is 50.9 Å².